The number of anilines is 1. The molecule has 0 unspecified atom stereocenters. The van der Waals surface area contributed by atoms with Crippen molar-refractivity contribution in [3.05, 3.63) is 76.6 Å². The van der Waals surface area contributed by atoms with Gasteiger partial charge in [0.2, 0.25) is 0 Å². The molecule has 156 valence electrons. The summed E-state index contributed by atoms with van der Waals surface area (Å²) in [6.07, 6.45) is 6.52. The van der Waals surface area contributed by atoms with E-state index in [1.165, 1.54) is 6.20 Å². The Bertz CT molecular complexity index is 1200. The number of ether oxygens (including phenoxy) is 1. The molecule has 3 aromatic rings. The third kappa shape index (κ3) is 3.59. The van der Waals surface area contributed by atoms with Gasteiger partial charge in [0.15, 0.2) is 5.78 Å². The monoisotopic (exact) mass is 432 g/mol. The van der Waals surface area contributed by atoms with E-state index in [9.17, 15) is 9.59 Å². The number of aromatic nitrogens is 1. The fraction of sp³-hybridized carbons (Fsp3) is 0.240. The quantitative estimate of drug-likeness (QED) is 0.563. The maximum absolute atomic E-state index is 12.6. The minimum atomic E-state index is -0.299. The van der Waals surface area contributed by atoms with Crippen LogP contribution < -0.4 is 10.1 Å². The highest BCUT2D eigenvalue weighted by Gasteiger charge is 2.45. The van der Waals surface area contributed by atoms with Crippen molar-refractivity contribution < 1.29 is 14.3 Å². The number of carbonyl (C=O) groups is 2. The van der Waals surface area contributed by atoms with Crippen molar-refractivity contribution in [2.45, 2.75) is 38.2 Å². The number of pyridine rings is 1. The van der Waals surface area contributed by atoms with Crippen molar-refractivity contribution in [2.75, 3.05) is 5.32 Å². The Morgan fingerprint density at radius 1 is 1.13 bits per heavy atom. The van der Waals surface area contributed by atoms with Gasteiger partial charge in [-0.25, -0.2) is 0 Å². The molecule has 5 rings (SSSR count). The molecule has 2 heterocycles. The zero-order valence-electron chi connectivity index (χ0n) is 17.1. The van der Waals surface area contributed by atoms with E-state index in [0.717, 1.165) is 36.0 Å². The highest BCUT2D eigenvalue weighted by molar-refractivity contribution is 6.33. The Balaban J connectivity index is 1.41. The van der Waals surface area contributed by atoms with Crippen LogP contribution in [0.2, 0.25) is 5.02 Å². The Labute approximate surface area is 185 Å². The van der Waals surface area contributed by atoms with Crippen molar-refractivity contribution in [1.82, 2.24) is 4.98 Å². The van der Waals surface area contributed by atoms with Crippen LogP contribution in [0, 0.1) is 6.92 Å². The summed E-state index contributed by atoms with van der Waals surface area (Å²) in [4.78, 5) is 29.1. The summed E-state index contributed by atoms with van der Waals surface area (Å²) in [7, 11) is 0. The molecule has 0 radical (unpaired) electrons. The first-order valence-corrected chi connectivity index (χ1v) is 10.7. The second kappa shape index (κ2) is 7.50. The Kier molecular flexibility index (Phi) is 4.78. The number of Topliss-reactive ketones (excluding diaryl/α,β-unsaturated/α-hetero) is 1. The summed E-state index contributed by atoms with van der Waals surface area (Å²) in [5, 5.41) is 3.18. The van der Waals surface area contributed by atoms with E-state index in [1.54, 1.807) is 24.4 Å². The molecule has 1 fully saturated rings. The second-order valence-electron chi connectivity index (χ2n) is 8.29. The highest BCUT2D eigenvalue weighted by atomic mass is 35.5. The highest BCUT2D eigenvalue weighted by Crippen LogP contribution is 2.46. The summed E-state index contributed by atoms with van der Waals surface area (Å²) in [6.45, 7) is 1.99. The van der Waals surface area contributed by atoms with Crippen LogP contribution in [0.1, 0.15) is 52.0 Å². The number of nitrogens with zero attached hydrogens (tertiary/aromatic N) is 1. The number of nitrogens with one attached hydrogen (secondary N) is 1. The molecule has 1 N–H and O–H groups in total. The van der Waals surface area contributed by atoms with Crippen LogP contribution in [0.5, 0.6) is 5.75 Å². The number of hydrogen-bond donors (Lipinski definition) is 1. The number of carbonyl (C=O) groups excluding carboxylic acids is 2. The lowest BCUT2D eigenvalue weighted by Crippen LogP contribution is -2.47. The van der Waals surface area contributed by atoms with Crippen LogP contribution in [0.4, 0.5) is 5.69 Å². The summed E-state index contributed by atoms with van der Waals surface area (Å²) < 4.78 is 6.28. The van der Waals surface area contributed by atoms with Gasteiger partial charge in [-0.1, -0.05) is 23.7 Å². The zero-order valence-corrected chi connectivity index (χ0v) is 17.8. The van der Waals surface area contributed by atoms with Gasteiger partial charge in [0.1, 0.15) is 11.4 Å². The van der Waals surface area contributed by atoms with Crippen LogP contribution in [0.25, 0.3) is 11.1 Å². The number of fused-ring (bicyclic) bond motifs is 1. The van der Waals surface area contributed by atoms with E-state index in [1.807, 2.05) is 31.2 Å². The predicted octanol–water partition coefficient (Wildman–Crippen LogP) is 5.85. The van der Waals surface area contributed by atoms with Crippen LogP contribution >= 0.6 is 11.6 Å². The lowest BCUT2D eigenvalue weighted by Gasteiger charge is -2.44. The van der Waals surface area contributed by atoms with E-state index in [4.69, 9.17) is 16.3 Å². The van der Waals surface area contributed by atoms with Crippen molar-refractivity contribution >= 4 is 29.0 Å². The van der Waals surface area contributed by atoms with Gasteiger partial charge in [0.25, 0.3) is 5.91 Å². The van der Waals surface area contributed by atoms with Crippen molar-refractivity contribution in [3.63, 3.8) is 0 Å². The van der Waals surface area contributed by atoms with Gasteiger partial charge in [-0.2, -0.15) is 0 Å². The molecule has 0 bridgehead atoms. The molecule has 1 spiro atoms. The van der Waals surface area contributed by atoms with E-state index in [-0.39, 0.29) is 17.3 Å². The van der Waals surface area contributed by atoms with Gasteiger partial charge in [0.05, 0.1) is 22.7 Å². The number of aryl methyl sites for hydroxylation is 1. The minimum Gasteiger partial charge on any atom is -0.486 e. The summed E-state index contributed by atoms with van der Waals surface area (Å²) in [5.74, 6) is 0.589. The number of amides is 1. The minimum absolute atomic E-state index is 0.164. The van der Waals surface area contributed by atoms with Gasteiger partial charge in [0, 0.05) is 18.0 Å². The van der Waals surface area contributed by atoms with Crippen LogP contribution in [0.15, 0.2) is 54.9 Å². The maximum atomic E-state index is 12.6. The molecule has 1 aliphatic heterocycles. The molecule has 1 saturated carbocycles. The van der Waals surface area contributed by atoms with Gasteiger partial charge in [-0.15, -0.1) is 0 Å². The first kappa shape index (κ1) is 19.8. The smallest absolute Gasteiger partial charge is 0.255 e. The standard InChI is InChI=1S/C25H21ClN2O3/c1-15-11-19-22(29)13-25(8-2-9-25)31-23(19)12-18(15)16-3-5-17(6-4-16)24(30)28-21-7-10-27-14-20(21)26/h3-7,10-12,14H,2,8-9,13H2,1H3,(H,27,28,30). The van der Waals surface area contributed by atoms with Gasteiger partial charge < -0.3 is 10.1 Å². The fourth-order valence-electron chi connectivity index (χ4n) is 4.28. The Morgan fingerprint density at radius 2 is 1.90 bits per heavy atom. The number of benzene rings is 2. The number of hydrogen-bond acceptors (Lipinski definition) is 4. The molecule has 2 aromatic carbocycles. The average Bonchev–Trinajstić information content (AvgIpc) is 2.74. The van der Waals surface area contributed by atoms with Gasteiger partial charge in [-0.05, 0) is 73.2 Å². The third-order valence-corrected chi connectivity index (χ3v) is 6.48. The van der Waals surface area contributed by atoms with Crippen LogP contribution in [-0.2, 0) is 0 Å². The first-order chi connectivity index (χ1) is 14.9. The lowest BCUT2D eigenvalue weighted by atomic mass is 9.74. The summed E-state index contributed by atoms with van der Waals surface area (Å²) in [5.41, 5.74) is 4.36. The average molecular weight is 433 g/mol. The van der Waals surface area contributed by atoms with E-state index >= 15 is 0 Å². The van der Waals surface area contributed by atoms with Gasteiger partial charge in [-0.3, -0.25) is 14.6 Å². The fourth-order valence-corrected chi connectivity index (χ4v) is 4.45. The number of halogens is 1. The molecule has 0 saturated heterocycles. The molecule has 0 atom stereocenters. The van der Waals surface area contributed by atoms with Crippen LogP contribution in [0.3, 0.4) is 0 Å². The Morgan fingerprint density at radius 3 is 2.58 bits per heavy atom. The molecule has 1 aliphatic carbocycles. The van der Waals surface area contributed by atoms with E-state index in [0.29, 0.717) is 34.0 Å². The summed E-state index contributed by atoms with van der Waals surface area (Å²) >= 11 is 6.07. The SMILES string of the molecule is Cc1cc2c(cc1-c1ccc(C(=O)Nc3ccncc3Cl)cc1)OC1(CCC1)CC2=O. The van der Waals surface area contributed by atoms with Crippen molar-refractivity contribution in [3.8, 4) is 16.9 Å². The topological polar surface area (TPSA) is 68.3 Å². The Hall–Kier alpha value is -3.18. The third-order valence-electron chi connectivity index (χ3n) is 6.18. The molecule has 31 heavy (non-hydrogen) atoms. The first-order valence-electron chi connectivity index (χ1n) is 10.3. The molecule has 5 nitrogen and oxygen atoms in total. The second-order valence-corrected chi connectivity index (χ2v) is 8.70. The number of ketones is 1. The van der Waals surface area contributed by atoms with E-state index in [2.05, 4.69) is 10.3 Å². The van der Waals surface area contributed by atoms with Crippen molar-refractivity contribution in [2.24, 2.45) is 0 Å². The van der Waals surface area contributed by atoms with Crippen molar-refractivity contribution in [1.29, 1.82) is 0 Å². The normalized spacial score (nSPS) is 16.3. The van der Waals surface area contributed by atoms with Gasteiger partial charge >= 0.3 is 0 Å². The molecule has 1 aromatic heterocycles. The molecular weight excluding hydrogens is 412 g/mol. The number of rotatable bonds is 3. The lowest BCUT2D eigenvalue weighted by molar-refractivity contribution is -0.0177. The summed E-state index contributed by atoms with van der Waals surface area (Å²) in [6, 6.07) is 12.9. The predicted molar refractivity (Wildman–Crippen MR) is 120 cm³/mol. The molecular formula is C25H21ClN2O3. The van der Waals surface area contributed by atoms with Crippen LogP contribution in [-0.4, -0.2) is 22.3 Å². The molecule has 1 amide bonds. The molecule has 2 aliphatic rings. The van der Waals surface area contributed by atoms with E-state index < -0.39 is 0 Å². The molecule has 6 heteroatoms. The zero-order chi connectivity index (χ0) is 21.6. The largest absolute Gasteiger partial charge is 0.486 e. The maximum Gasteiger partial charge on any atom is 0.255 e.